The highest BCUT2D eigenvalue weighted by Crippen LogP contribution is 2.69. The Hall–Kier alpha value is 0.520. The monoisotopic (exact) mass is 484 g/mol. The van der Waals surface area contributed by atoms with Gasteiger partial charge in [-0.05, 0) is 27.7 Å². The van der Waals surface area contributed by atoms with E-state index in [0.717, 1.165) is 0 Å². The normalized spacial score (nSPS) is 18.8. The molecule has 25 heavy (non-hydrogen) atoms. The molecule has 0 aromatic rings. The van der Waals surface area contributed by atoms with E-state index in [4.69, 9.17) is 18.3 Å². The maximum absolute atomic E-state index is 13.2. The second-order valence-corrected chi connectivity index (χ2v) is 15.0. The van der Waals surface area contributed by atoms with Crippen LogP contribution in [0, 0.1) is 0 Å². The zero-order valence-electron chi connectivity index (χ0n) is 15.1. The molecule has 0 aromatic heterocycles. The first kappa shape index (κ1) is 25.5. The van der Waals surface area contributed by atoms with E-state index in [9.17, 15) is 18.5 Å². The standard InChI is InChI=1S/C13H28BrO8P3/c1-5-19-13(15)9-23(16,20-6-2)11-25(18,22-8-4)12-24(17,10-14)21-7-3/h5-12H2,1-4H3. The van der Waals surface area contributed by atoms with E-state index in [2.05, 4.69) is 15.9 Å². The van der Waals surface area contributed by atoms with Crippen molar-refractivity contribution in [2.75, 3.05) is 49.5 Å². The molecular weight excluding hydrogens is 457 g/mol. The molecule has 0 aromatic carbocycles. The fourth-order valence-corrected chi connectivity index (χ4v) is 14.5. The molecule has 150 valence electrons. The fourth-order valence-electron chi connectivity index (χ4n) is 2.14. The Kier molecular flexibility index (Phi) is 12.3. The van der Waals surface area contributed by atoms with E-state index in [1.165, 1.54) is 0 Å². The number of halogens is 1. The van der Waals surface area contributed by atoms with E-state index in [1.54, 1.807) is 27.7 Å². The molecule has 0 bridgehead atoms. The Morgan fingerprint density at radius 1 is 0.760 bits per heavy atom. The summed E-state index contributed by atoms with van der Waals surface area (Å²) in [5, 5.41) is 0.00170. The average Bonchev–Trinajstić information content (AvgIpc) is 2.46. The lowest BCUT2D eigenvalue weighted by Crippen LogP contribution is -2.15. The van der Waals surface area contributed by atoms with Gasteiger partial charge in [-0.15, -0.1) is 0 Å². The predicted molar refractivity (Wildman–Crippen MR) is 103 cm³/mol. The number of alkyl halides is 1. The second kappa shape index (κ2) is 12.1. The first-order valence-corrected chi connectivity index (χ1v) is 15.1. The summed E-state index contributed by atoms with van der Waals surface area (Å²) in [4.78, 5) is 11.7. The van der Waals surface area contributed by atoms with Crippen LogP contribution in [-0.2, 0) is 36.8 Å². The minimum atomic E-state index is -3.63. The summed E-state index contributed by atoms with van der Waals surface area (Å²) in [6, 6.07) is 0. The van der Waals surface area contributed by atoms with Gasteiger partial charge in [-0.3, -0.25) is 18.5 Å². The number of esters is 1. The van der Waals surface area contributed by atoms with Crippen LogP contribution in [0.15, 0.2) is 0 Å². The summed E-state index contributed by atoms with van der Waals surface area (Å²) in [5.41, 5.74) is 0. The molecule has 8 nitrogen and oxygen atoms in total. The van der Waals surface area contributed by atoms with Crippen molar-refractivity contribution < 1.29 is 36.8 Å². The lowest BCUT2D eigenvalue weighted by atomic mass is 10.8. The summed E-state index contributed by atoms with van der Waals surface area (Å²) in [6.45, 7) is 7.02. The van der Waals surface area contributed by atoms with Crippen molar-refractivity contribution >= 4 is 44.0 Å². The molecule has 0 N–H and O–H groups in total. The minimum absolute atomic E-state index is 0.00170. The lowest BCUT2D eigenvalue weighted by molar-refractivity contribution is -0.140. The third-order valence-corrected chi connectivity index (χ3v) is 15.3. The number of hydrogen-bond donors (Lipinski definition) is 0. The molecule has 0 aliphatic rings. The predicted octanol–water partition coefficient (Wildman–Crippen LogP) is 4.76. The summed E-state index contributed by atoms with van der Waals surface area (Å²) in [7, 11) is -10.5. The average molecular weight is 485 g/mol. The largest absolute Gasteiger partial charge is 0.466 e. The van der Waals surface area contributed by atoms with Gasteiger partial charge in [0.05, 0.1) is 31.5 Å². The fraction of sp³-hybridized carbons (Fsp3) is 0.923. The summed E-state index contributed by atoms with van der Waals surface area (Å²) in [5.74, 6) is -1.55. The van der Waals surface area contributed by atoms with Crippen molar-refractivity contribution in [3.63, 3.8) is 0 Å². The number of ether oxygens (including phenoxy) is 1. The van der Waals surface area contributed by atoms with Crippen LogP contribution in [0.25, 0.3) is 0 Å². The molecule has 0 aliphatic carbocycles. The van der Waals surface area contributed by atoms with Gasteiger partial charge in [0.25, 0.3) is 0 Å². The molecule has 0 spiro atoms. The molecule has 0 amide bonds. The zero-order valence-corrected chi connectivity index (χ0v) is 19.4. The molecular formula is C13H28BrO8P3. The molecule has 0 aliphatic heterocycles. The second-order valence-electron chi connectivity index (χ2n) is 5.06. The van der Waals surface area contributed by atoms with Crippen LogP contribution < -0.4 is 0 Å². The lowest BCUT2D eigenvalue weighted by Gasteiger charge is -2.26. The highest BCUT2D eigenvalue weighted by atomic mass is 79.9. The highest BCUT2D eigenvalue weighted by Gasteiger charge is 2.42. The van der Waals surface area contributed by atoms with Crippen LogP contribution in [0.1, 0.15) is 27.7 Å². The molecule has 0 fully saturated rings. The van der Waals surface area contributed by atoms with Gasteiger partial charge < -0.3 is 18.3 Å². The third-order valence-electron chi connectivity index (χ3n) is 2.81. The van der Waals surface area contributed by atoms with E-state index in [-0.39, 0.29) is 37.4 Å². The van der Waals surface area contributed by atoms with Gasteiger partial charge in [0.1, 0.15) is 18.0 Å². The first-order chi connectivity index (χ1) is 11.6. The van der Waals surface area contributed by atoms with Crippen molar-refractivity contribution in [3.05, 3.63) is 0 Å². The van der Waals surface area contributed by atoms with Crippen molar-refractivity contribution in [2.24, 2.45) is 0 Å². The van der Waals surface area contributed by atoms with Crippen LogP contribution in [-0.4, -0.2) is 55.4 Å². The SMILES string of the molecule is CCOC(=O)CP(=O)(CP(=O)(CP(=O)(CBr)OCC)OCC)OCC. The number of carbonyl (C=O) groups is 1. The summed E-state index contributed by atoms with van der Waals surface area (Å²) < 4.78 is 59.5. The molecule has 3 unspecified atom stereocenters. The number of carbonyl (C=O) groups excluding carboxylic acids is 1. The maximum atomic E-state index is 13.2. The Morgan fingerprint density at radius 3 is 1.64 bits per heavy atom. The van der Waals surface area contributed by atoms with E-state index >= 15 is 0 Å². The van der Waals surface area contributed by atoms with Gasteiger partial charge in [0, 0.05) is 0 Å². The minimum Gasteiger partial charge on any atom is -0.466 e. The van der Waals surface area contributed by atoms with Crippen LogP contribution in [0.3, 0.4) is 0 Å². The van der Waals surface area contributed by atoms with Crippen molar-refractivity contribution in [3.8, 4) is 0 Å². The summed E-state index contributed by atoms with van der Waals surface area (Å²) >= 11 is 3.11. The smallest absolute Gasteiger partial charge is 0.315 e. The van der Waals surface area contributed by atoms with Crippen molar-refractivity contribution in [1.82, 2.24) is 0 Å². The quantitative estimate of drug-likeness (QED) is 0.197. The van der Waals surface area contributed by atoms with Gasteiger partial charge in [-0.1, -0.05) is 15.9 Å². The highest BCUT2D eigenvalue weighted by molar-refractivity contribution is 9.10. The van der Waals surface area contributed by atoms with Gasteiger partial charge in [-0.2, -0.15) is 0 Å². The Balaban J connectivity index is 5.51. The Bertz CT molecular complexity index is 553. The zero-order chi connectivity index (χ0) is 19.6. The van der Waals surface area contributed by atoms with Gasteiger partial charge in [0.15, 0.2) is 0 Å². The molecule has 0 saturated heterocycles. The third kappa shape index (κ3) is 9.86. The van der Waals surface area contributed by atoms with Crippen LogP contribution in [0.5, 0.6) is 0 Å². The molecule has 12 heteroatoms. The molecule has 3 atom stereocenters. The van der Waals surface area contributed by atoms with Crippen LogP contribution in [0.2, 0.25) is 0 Å². The van der Waals surface area contributed by atoms with E-state index in [0.29, 0.717) is 0 Å². The molecule has 0 rings (SSSR count). The number of hydrogen-bond acceptors (Lipinski definition) is 8. The topological polar surface area (TPSA) is 105 Å². The van der Waals surface area contributed by atoms with Crippen LogP contribution in [0.4, 0.5) is 0 Å². The van der Waals surface area contributed by atoms with E-state index in [1.807, 2.05) is 0 Å². The maximum Gasteiger partial charge on any atom is 0.315 e. The first-order valence-electron chi connectivity index (χ1n) is 8.01. The molecule has 0 heterocycles. The van der Waals surface area contributed by atoms with Crippen LogP contribution >= 0.6 is 38.0 Å². The van der Waals surface area contributed by atoms with Gasteiger partial charge >= 0.3 is 5.97 Å². The summed E-state index contributed by atoms with van der Waals surface area (Å²) in [6.07, 6.45) is -0.501. The molecule has 0 saturated carbocycles. The van der Waals surface area contributed by atoms with Gasteiger partial charge in [-0.25, -0.2) is 0 Å². The van der Waals surface area contributed by atoms with Gasteiger partial charge in [0.2, 0.25) is 22.1 Å². The molecule has 0 radical (unpaired) electrons. The number of rotatable bonds is 14. The van der Waals surface area contributed by atoms with Crippen molar-refractivity contribution in [1.29, 1.82) is 0 Å². The Morgan fingerprint density at radius 2 is 1.20 bits per heavy atom. The van der Waals surface area contributed by atoms with Crippen molar-refractivity contribution in [2.45, 2.75) is 27.7 Å². The van der Waals surface area contributed by atoms with E-state index < -0.39 is 40.1 Å². The Labute approximate surface area is 158 Å².